The zero-order chi connectivity index (χ0) is 43.4. The first-order valence-electron chi connectivity index (χ1n) is 19.4. The number of aliphatic hydroxyl groups is 2. The van der Waals surface area contributed by atoms with Gasteiger partial charge in [0.15, 0.2) is 0 Å². The predicted octanol–water partition coefficient (Wildman–Crippen LogP) is -3.90. The lowest BCUT2D eigenvalue weighted by Gasteiger charge is -2.26. The van der Waals surface area contributed by atoms with Crippen LogP contribution in [0.3, 0.4) is 0 Å². The monoisotopic (exact) mass is 844 g/mol. The van der Waals surface area contributed by atoms with Crippen LogP contribution in [0.1, 0.15) is 78.6 Å². The SMILES string of the molecule is CC(C)CC(CC(=O)NO)C(=O)N[C@H](C(=O)N[C@@H](CO)C(=O)NCC(=O)NCC(=O)N[C@@H](CCCCNC(=O)CCCC[C@@H]1SC[C@@H]2NC(=O)N[C@@H]21)C(N)=O)[C@@H](C)O. The molecule has 0 bridgehead atoms. The van der Waals surface area contributed by atoms with E-state index in [0.717, 1.165) is 18.6 Å². The number of aliphatic hydroxyl groups excluding tert-OH is 2. The first-order chi connectivity index (χ1) is 27.4. The highest BCUT2D eigenvalue weighted by Gasteiger charge is 2.42. The maximum absolute atomic E-state index is 12.9. The van der Waals surface area contributed by atoms with Gasteiger partial charge in [0, 0.05) is 36.3 Å². The van der Waals surface area contributed by atoms with Crippen LogP contribution in [0.15, 0.2) is 0 Å². The van der Waals surface area contributed by atoms with Crippen LogP contribution < -0.4 is 53.7 Å². The predicted molar refractivity (Wildman–Crippen MR) is 208 cm³/mol. The van der Waals surface area contributed by atoms with Crippen molar-refractivity contribution in [1.82, 2.24) is 48.0 Å². The molecule has 2 aliphatic heterocycles. The van der Waals surface area contributed by atoms with Crippen LogP contribution in [0.4, 0.5) is 4.79 Å². The molecule has 0 aliphatic carbocycles. The van der Waals surface area contributed by atoms with Gasteiger partial charge in [0.05, 0.1) is 37.9 Å². The summed E-state index contributed by atoms with van der Waals surface area (Å²) in [4.78, 5) is 111. The summed E-state index contributed by atoms with van der Waals surface area (Å²) in [5, 5.41) is 49.2. The highest BCUT2D eigenvalue weighted by atomic mass is 32.2. The number of hydrogen-bond donors (Lipinski definition) is 13. The van der Waals surface area contributed by atoms with E-state index in [4.69, 9.17) is 10.9 Å². The van der Waals surface area contributed by atoms with Gasteiger partial charge in [-0.05, 0) is 51.4 Å². The molecule has 0 aromatic heterocycles. The van der Waals surface area contributed by atoms with E-state index in [0.29, 0.717) is 37.5 Å². The Morgan fingerprint density at radius 3 is 2.16 bits per heavy atom. The lowest BCUT2D eigenvalue weighted by molar-refractivity contribution is -0.138. The molecule has 2 saturated heterocycles. The number of primary amides is 1. The summed E-state index contributed by atoms with van der Waals surface area (Å²) in [6, 6.07) is -4.10. The van der Waals surface area contributed by atoms with E-state index >= 15 is 0 Å². The second kappa shape index (κ2) is 25.6. The third-order valence-corrected chi connectivity index (χ3v) is 10.9. The number of rotatable bonds is 27. The number of carbonyl (C=O) groups is 9. The van der Waals surface area contributed by atoms with Crippen molar-refractivity contribution in [2.75, 3.05) is 32.0 Å². The summed E-state index contributed by atoms with van der Waals surface area (Å²) >= 11 is 1.83. The summed E-state index contributed by atoms with van der Waals surface area (Å²) < 4.78 is 0. The van der Waals surface area contributed by atoms with Crippen molar-refractivity contribution in [3.05, 3.63) is 0 Å². The largest absolute Gasteiger partial charge is 0.394 e. The standard InChI is InChI=1S/C35H60N10O12S/c1-18(2)12-20(13-26(49)45-57)32(53)43-29(19(3)47)34(55)41-22(16-46)33(54)39-14-27(50)38-15-28(51)40-21(31(36)52)8-6-7-11-37-25(48)10-5-4-9-24-30-23(17-58-24)42-35(56)44-30/h18-24,29-30,46-47,57H,4-17H2,1-3H3,(H2,36,52)(H,37,48)(H,38,50)(H,39,54)(H,40,51)(H,41,55)(H,43,53)(H,45,49)(H2,42,44,56)/t19-,20?,21+,22+,23+,24+,29+,30+/m1/s1. The van der Waals surface area contributed by atoms with Gasteiger partial charge in [0.2, 0.25) is 47.3 Å². The molecule has 0 spiro atoms. The van der Waals surface area contributed by atoms with Gasteiger partial charge >= 0.3 is 6.03 Å². The van der Waals surface area contributed by atoms with Crippen molar-refractivity contribution in [3.63, 3.8) is 0 Å². The number of carbonyl (C=O) groups excluding carboxylic acids is 9. The summed E-state index contributed by atoms with van der Waals surface area (Å²) in [5.74, 6) is -6.28. The number of unbranched alkanes of at least 4 members (excludes halogenated alkanes) is 2. The number of hydrogen-bond acceptors (Lipinski definition) is 13. The first kappa shape index (κ1) is 49.4. The van der Waals surface area contributed by atoms with Crippen LogP contribution >= 0.6 is 11.8 Å². The minimum Gasteiger partial charge on any atom is -0.394 e. The molecule has 2 heterocycles. The van der Waals surface area contributed by atoms with Crippen LogP contribution in [0.2, 0.25) is 0 Å². The van der Waals surface area contributed by atoms with Crippen LogP contribution in [0.5, 0.6) is 0 Å². The average Bonchev–Trinajstić information content (AvgIpc) is 3.72. The molecule has 2 aliphatic rings. The van der Waals surface area contributed by atoms with E-state index in [-0.39, 0.29) is 42.8 Å². The highest BCUT2D eigenvalue weighted by Crippen LogP contribution is 2.33. The van der Waals surface area contributed by atoms with Crippen LogP contribution in [-0.2, 0) is 38.4 Å². The van der Waals surface area contributed by atoms with Gasteiger partial charge in [0.1, 0.15) is 18.1 Å². The smallest absolute Gasteiger partial charge is 0.315 e. The molecule has 0 saturated carbocycles. The first-order valence-corrected chi connectivity index (χ1v) is 20.4. The Hall–Kier alpha value is -4.74. The lowest BCUT2D eigenvalue weighted by Crippen LogP contribution is -2.59. The summed E-state index contributed by atoms with van der Waals surface area (Å²) in [7, 11) is 0. The molecule has 2 rings (SSSR count). The number of thioether (sulfide) groups is 1. The molecule has 2 fully saturated rings. The Morgan fingerprint density at radius 1 is 0.810 bits per heavy atom. The van der Waals surface area contributed by atoms with Crippen LogP contribution in [-0.4, -0.2) is 142 Å². The van der Waals surface area contributed by atoms with Gasteiger partial charge in [-0.3, -0.25) is 43.6 Å². The highest BCUT2D eigenvalue weighted by molar-refractivity contribution is 8.00. The Balaban J connectivity index is 1.67. The Kier molecular flexibility index (Phi) is 21.8. The van der Waals surface area contributed by atoms with E-state index in [2.05, 4.69) is 42.5 Å². The number of fused-ring (bicyclic) bond motifs is 1. The number of nitrogens with one attached hydrogen (secondary N) is 9. The summed E-state index contributed by atoms with van der Waals surface area (Å²) in [6.45, 7) is 2.95. The average molecular weight is 845 g/mol. The van der Waals surface area contributed by atoms with Gasteiger partial charge in [0.25, 0.3) is 0 Å². The molecule has 8 atom stereocenters. The molecule has 22 nitrogen and oxygen atoms in total. The van der Waals surface area contributed by atoms with Crippen molar-refractivity contribution in [2.24, 2.45) is 17.6 Å². The number of urea groups is 1. The molecular formula is C35H60N10O12S. The van der Waals surface area contributed by atoms with Crippen molar-refractivity contribution < 1.29 is 58.6 Å². The van der Waals surface area contributed by atoms with Crippen LogP contribution in [0.25, 0.3) is 0 Å². The van der Waals surface area contributed by atoms with E-state index in [1.165, 1.54) is 12.4 Å². The molecular weight excluding hydrogens is 785 g/mol. The molecule has 58 heavy (non-hydrogen) atoms. The minimum absolute atomic E-state index is 0.0500. The topological polar surface area (TPSA) is 349 Å². The number of nitrogens with two attached hydrogens (primary N) is 1. The summed E-state index contributed by atoms with van der Waals surface area (Å²) in [6.07, 6.45) is 2.32. The minimum atomic E-state index is -1.62. The van der Waals surface area contributed by atoms with Gasteiger partial charge in [-0.15, -0.1) is 0 Å². The fourth-order valence-electron chi connectivity index (χ4n) is 6.38. The molecule has 0 aromatic rings. The zero-order valence-corrected chi connectivity index (χ0v) is 33.9. The normalized spacial score (nSPS) is 19.5. The third-order valence-electron chi connectivity index (χ3n) is 9.43. The van der Waals surface area contributed by atoms with Crippen LogP contribution in [0, 0.1) is 11.8 Å². The maximum atomic E-state index is 12.9. The van der Waals surface area contributed by atoms with Crippen molar-refractivity contribution in [1.29, 1.82) is 0 Å². The second-order valence-electron chi connectivity index (χ2n) is 14.8. The molecule has 23 heteroatoms. The second-order valence-corrected chi connectivity index (χ2v) is 16.0. The quantitative estimate of drug-likeness (QED) is 0.0163. The van der Waals surface area contributed by atoms with E-state index < -0.39 is 97.6 Å². The van der Waals surface area contributed by atoms with Crippen molar-refractivity contribution in [3.8, 4) is 0 Å². The fraction of sp³-hybridized carbons (Fsp3) is 0.743. The molecule has 10 amide bonds. The Morgan fingerprint density at radius 2 is 1.52 bits per heavy atom. The number of hydroxylamine groups is 1. The third kappa shape index (κ3) is 17.8. The van der Waals surface area contributed by atoms with Crippen molar-refractivity contribution in [2.45, 2.75) is 120 Å². The molecule has 0 radical (unpaired) electrons. The van der Waals surface area contributed by atoms with Gasteiger partial charge in [-0.2, -0.15) is 11.8 Å². The molecule has 0 aromatic carbocycles. The fourth-order valence-corrected chi connectivity index (χ4v) is 7.92. The maximum Gasteiger partial charge on any atom is 0.315 e. The van der Waals surface area contributed by atoms with Gasteiger partial charge in [-0.1, -0.05) is 20.3 Å². The van der Waals surface area contributed by atoms with E-state index in [1.807, 2.05) is 11.8 Å². The zero-order valence-electron chi connectivity index (χ0n) is 33.1. The van der Waals surface area contributed by atoms with Crippen molar-refractivity contribution >= 4 is 65.1 Å². The Labute approximate surface area is 340 Å². The molecule has 1 unspecified atom stereocenters. The molecule has 14 N–H and O–H groups in total. The van der Waals surface area contributed by atoms with Gasteiger partial charge < -0.3 is 58.5 Å². The summed E-state index contributed by atoms with van der Waals surface area (Å²) in [5.41, 5.74) is 6.87. The lowest BCUT2D eigenvalue weighted by atomic mass is 9.92. The Bertz CT molecular complexity index is 1450. The number of amides is 10. The molecule has 328 valence electrons. The van der Waals surface area contributed by atoms with E-state index in [1.54, 1.807) is 13.8 Å². The van der Waals surface area contributed by atoms with E-state index in [9.17, 15) is 53.4 Å². The van der Waals surface area contributed by atoms with Gasteiger partial charge in [-0.25, -0.2) is 10.3 Å².